The van der Waals surface area contributed by atoms with Crippen molar-refractivity contribution in [1.29, 1.82) is 0 Å². The van der Waals surface area contributed by atoms with Gasteiger partial charge in [0.15, 0.2) is 0 Å². The molecule has 3 aliphatic carbocycles. The van der Waals surface area contributed by atoms with Crippen molar-refractivity contribution in [3.05, 3.63) is 10.6 Å². The highest BCUT2D eigenvalue weighted by molar-refractivity contribution is 9.11. The Labute approximate surface area is 75.9 Å². The van der Waals surface area contributed by atoms with Crippen LogP contribution in [0.4, 0.5) is 0 Å². The van der Waals surface area contributed by atoms with Crippen LogP contribution < -0.4 is 0 Å². The fraction of sp³-hybridized carbons (Fsp3) is 0.778. The van der Waals surface area contributed by atoms with Crippen molar-refractivity contribution in [1.82, 2.24) is 0 Å². The Kier molecular flexibility index (Phi) is 2.06. The summed E-state index contributed by atoms with van der Waals surface area (Å²) in [5.74, 6) is 1.66. The molecule has 1 fully saturated rings. The molecule has 1 nitrogen and oxygen atoms in total. The Morgan fingerprint density at radius 2 is 2.36 bits per heavy atom. The first-order valence-corrected chi connectivity index (χ1v) is 5.09. The molecule has 1 saturated carbocycles. The van der Waals surface area contributed by atoms with Crippen LogP contribution in [0.1, 0.15) is 19.8 Å². The maximum atomic E-state index is 5.63. The van der Waals surface area contributed by atoms with Crippen LogP contribution in [0.25, 0.3) is 0 Å². The van der Waals surface area contributed by atoms with Gasteiger partial charge in [0.1, 0.15) is 0 Å². The number of fused-ring (bicyclic) bond motifs is 1. The lowest BCUT2D eigenvalue weighted by Crippen LogP contribution is -2.39. The van der Waals surface area contributed by atoms with E-state index in [1.807, 2.05) is 0 Å². The lowest BCUT2D eigenvalue weighted by Gasteiger charge is -2.43. The van der Waals surface area contributed by atoms with Gasteiger partial charge in [-0.15, -0.1) is 0 Å². The zero-order valence-corrected chi connectivity index (χ0v) is 8.30. The van der Waals surface area contributed by atoms with Crippen LogP contribution in [-0.4, -0.2) is 12.7 Å². The molecule has 3 rings (SSSR count). The highest BCUT2D eigenvalue weighted by Crippen LogP contribution is 2.47. The molecule has 0 amide bonds. The molecule has 0 aromatic rings. The minimum Gasteiger partial charge on any atom is -0.373 e. The number of rotatable bonds is 2. The molecule has 0 aromatic carbocycles. The van der Waals surface area contributed by atoms with E-state index < -0.39 is 0 Å². The minimum atomic E-state index is 0.380. The van der Waals surface area contributed by atoms with Crippen LogP contribution in [0.3, 0.4) is 0 Å². The molecule has 1 atom stereocenters. The standard InChI is InChI=1S/C9H13BrO/c1-2-11-9-7-3-6(4-7)5-8(9)10/h5-7,9H,2-4H2,1H3. The van der Waals surface area contributed by atoms with Crippen LogP contribution in [0.5, 0.6) is 0 Å². The lowest BCUT2D eigenvalue weighted by atomic mass is 9.68. The average Bonchev–Trinajstić information content (AvgIpc) is 1.90. The highest BCUT2D eigenvalue weighted by Gasteiger charge is 2.40. The van der Waals surface area contributed by atoms with Gasteiger partial charge in [0, 0.05) is 11.1 Å². The maximum absolute atomic E-state index is 5.63. The largest absolute Gasteiger partial charge is 0.373 e. The van der Waals surface area contributed by atoms with Crippen molar-refractivity contribution < 1.29 is 4.74 Å². The molecule has 0 aromatic heterocycles. The Hall–Kier alpha value is 0.180. The lowest BCUT2D eigenvalue weighted by molar-refractivity contribution is -0.00301. The third-order valence-corrected chi connectivity index (χ3v) is 3.37. The Bertz CT molecular complexity index is 182. The number of ether oxygens (including phenoxy) is 1. The second-order valence-corrected chi connectivity index (χ2v) is 4.33. The molecule has 11 heavy (non-hydrogen) atoms. The van der Waals surface area contributed by atoms with Gasteiger partial charge in [-0.3, -0.25) is 0 Å². The maximum Gasteiger partial charge on any atom is 0.0914 e. The third kappa shape index (κ3) is 1.27. The molecule has 0 heterocycles. The van der Waals surface area contributed by atoms with E-state index in [0.29, 0.717) is 6.10 Å². The zero-order valence-electron chi connectivity index (χ0n) is 6.72. The van der Waals surface area contributed by atoms with E-state index in [1.54, 1.807) is 0 Å². The van der Waals surface area contributed by atoms with E-state index in [0.717, 1.165) is 18.4 Å². The molecule has 0 spiro atoms. The molecule has 0 radical (unpaired) electrons. The molecule has 2 bridgehead atoms. The number of hydrogen-bond acceptors (Lipinski definition) is 1. The fourth-order valence-electron chi connectivity index (χ4n) is 2.03. The molecule has 62 valence electrons. The van der Waals surface area contributed by atoms with Crippen LogP contribution in [0.2, 0.25) is 0 Å². The van der Waals surface area contributed by atoms with E-state index >= 15 is 0 Å². The van der Waals surface area contributed by atoms with E-state index in [-0.39, 0.29) is 0 Å². The SMILES string of the molecule is CCOC1C(Br)=CC2CC1C2. The van der Waals surface area contributed by atoms with Gasteiger partial charge in [-0.1, -0.05) is 22.0 Å². The van der Waals surface area contributed by atoms with E-state index in [9.17, 15) is 0 Å². The van der Waals surface area contributed by atoms with Gasteiger partial charge < -0.3 is 4.74 Å². The van der Waals surface area contributed by atoms with Gasteiger partial charge in [-0.25, -0.2) is 0 Å². The molecule has 0 N–H and O–H groups in total. The highest BCUT2D eigenvalue weighted by atomic mass is 79.9. The van der Waals surface area contributed by atoms with Gasteiger partial charge in [-0.2, -0.15) is 0 Å². The summed E-state index contributed by atoms with van der Waals surface area (Å²) >= 11 is 3.56. The van der Waals surface area contributed by atoms with Crippen LogP contribution in [0.15, 0.2) is 10.6 Å². The summed E-state index contributed by atoms with van der Waals surface area (Å²) < 4.78 is 6.91. The van der Waals surface area contributed by atoms with E-state index in [2.05, 4.69) is 28.9 Å². The third-order valence-electron chi connectivity index (χ3n) is 2.65. The molecular formula is C9H13BrO. The average molecular weight is 217 g/mol. The predicted molar refractivity (Wildman–Crippen MR) is 48.6 cm³/mol. The second-order valence-electron chi connectivity index (χ2n) is 3.42. The summed E-state index contributed by atoms with van der Waals surface area (Å²) in [4.78, 5) is 0. The van der Waals surface area contributed by atoms with Gasteiger partial charge in [0.2, 0.25) is 0 Å². The van der Waals surface area contributed by atoms with Crippen molar-refractivity contribution in [3.8, 4) is 0 Å². The van der Waals surface area contributed by atoms with Crippen LogP contribution in [0, 0.1) is 11.8 Å². The first kappa shape index (κ1) is 7.81. The van der Waals surface area contributed by atoms with Crippen molar-refractivity contribution in [2.75, 3.05) is 6.61 Å². The van der Waals surface area contributed by atoms with Crippen molar-refractivity contribution in [3.63, 3.8) is 0 Å². The monoisotopic (exact) mass is 216 g/mol. The van der Waals surface area contributed by atoms with E-state index in [1.165, 1.54) is 17.3 Å². The van der Waals surface area contributed by atoms with Gasteiger partial charge in [-0.05, 0) is 31.6 Å². The van der Waals surface area contributed by atoms with Gasteiger partial charge in [0.25, 0.3) is 0 Å². The summed E-state index contributed by atoms with van der Waals surface area (Å²) in [6.07, 6.45) is 5.39. The normalized spacial score (nSPS) is 41.3. The van der Waals surface area contributed by atoms with Crippen molar-refractivity contribution in [2.45, 2.75) is 25.9 Å². The molecule has 0 saturated heterocycles. The summed E-state index contributed by atoms with van der Waals surface area (Å²) in [6, 6.07) is 0. The Balaban J connectivity index is 2.06. The van der Waals surface area contributed by atoms with Crippen molar-refractivity contribution >= 4 is 15.9 Å². The Morgan fingerprint density at radius 3 is 2.91 bits per heavy atom. The Morgan fingerprint density at radius 1 is 1.64 bits per heavy atom. The fourth-order valence-corrected chi connectivity index (χ4v) is 2.91. The summed E-state index contributed by atoms with van der Waals surface area (Å²) in [5.41, 5.74) is 0. The quantitative estimate of drug-likeness (QED) is 0.690. The molecule has 1 unspecified atom stereocenters. The molecule has 3 aliphatic rings. The first-order valence-electron chi connectivity index (χ1n) is 4.30. The molecule has 2 heteroatoms. The van der Waals surface area contributed by atoms with Crippen molar-refractivity contribution in [2.24, 2.45) is 11.8 Å². The van der Waals surface area contributed by atoms with Gasteiger partial charge in [0.05, 0.1) is 6.10 Å². The zero-order chi connectivity index (χ0) is 7.84. The van der Waals surface area contributed by atoms with Crippen LogP contribution in [-0.2, 0) is 4.74 Å². The number of halogens is 1. The molecular weight excluding hydrogens is 204 g/mol. The molecule has 0 aliphatic heterocycles. The van der Waals surface area contributed by atoms with E-state index in [4.69, 9.17) is 4.74 Å². The smallest absolute Gasteiger partial charge is 0.0914 e. The topological polar surface area (TPSA) is 9.23 Å². The first-order chi connectivity index (χ1) is 5.31. The predicted octanol–water partition coefficient (Wildman–Crippen LogP) is 2.71. The summed E-state index contributed by atoms with van der Waals surface area (Å²) in [5, 5.41) is 0. The summed E-state index contributed by atoms with van der Waals surface area (Å²) in [6.45, 7) is 2.89. The van der Waals surface area contributed by atoms with Gasteiger partial charge >= 0.3 is 0 Å². The number of allylic oxidation sites excluding steroid dienone is 1. The number of hydrogen-bond donors (Lipinski definition) is 0. The summed E-state index contributed by atoms with van der Waals surface area (Å²) in [7, 11) is 0. The van der Waals surface area contributed by atoms with Crippen LogP contribution >= 0.6 is 15.9 Å². The minimum absolute atomic E-state index is 0.380. The second kappa shape index (κ2) is 2.91.